The molecule has 2 aromatic rings. The summed E-state index contributed by atoms with van der Waals surface area (Å²) in [7, 11) is 0. The quantitative estimate of drug-likeness (QED) is 0.643. The van der Waals surface area contributed by atoms with Crippen LogP contribution in [0.1, 0.15) is 17.2 Å². The maximum atomic E-state index is 10.3. The minimum atomic E-state index is -0.591. The van der Waals surface area contributed by atoms with Gasteiger partial charge in [0.25, 0.3) is 0 Å². The summed E-state index contributed by atoms with van der Waals surface area (Å²) in [5.74, 6) is 0.512. The van der Waals surface area contributed by atoms with Gasteiger partial charge < -0.3 is 10.8 Å². The van der Waals surface area contributed by atoms with Crippen LogP contribution in [0.15, 0.2) is 59.5 Å². The van der Waals surface area contributed by atoms with Crippen LogP contribution < -0.4 is 5.73 Å². The number of hydrogen-bond donors (Lipinski definition) is 2. The number of hydrogen-bond acceptors (Lipinski definition) is 3. The normalized spacial score (nSPS) is 12.4. The third-order valence-corrected chi connectivity index (χ3v) is 3.42. The molecule has 0 saturated carbocycles. The lowest BCUT2D eigenvalue weighted by Crippen LogP contribution is -2.02. The molecular weight excluding hydrogens is 230 g/mol. The van der Waals surface area contributed by atoms with Gasteiger partial charge >= 0.3 is 0 Å². The fourth-order valence-corrected chi connectivity index (χ4v) is 2.44. The number of rotatable bonds is 4. The molecule has 0 spiro atoms. The van der Waals surface area contributed by atoms with Crippen LogP contribution in [0.3, 0.4) is 0 Å². The van der Waals surface area contributed by atoms with Gasteiger partial charge in [-0.3, -0.25) is 0 Å². The molecule has 2 aromatic carbocycles. The number of nitrogens with two attached hydrogens (primary N) is 1. The summed E-state index contributed by atoms with van der Waals surface area (Å²) in [5, 5.41) is 10.3. The molecule has 0 fully saturated rings. The van der Waals surface area contributed by atoms with E-state index >= 15 is 0 Å². The van der Waals surface area contributed by atoms with E-state index in [2.05, 4.69) is 0 Å². The van der Waals surface area contributed by atoms with Crippen LogP contribution >= 0.6 is 11.8 Å². The first-order chi connectivity index (χ1) is 8.33. The Bertz CT molecular complexity index is 473. The van der Waals surface area contributed by atoms with Crippen molar-refractivity contribution in [1.82, 2.24) is 0 Å². The lowest BCUT2D eigenvalue weighted by atomic mass is 10.0. The average molecular weight is 245 g/mol. The predicted molar refractivity (Wildman–Crippen MR) is 71.9 cm³/mol. The zero-order chi connectivity index (χ0) is 12.1. The van der Waals surface area contributed by atoms with E-state index in [4.69, 9.17) is 5.73 Å². The summed E-state index contributed by atoms with van der Waals surface area (Å²) >= 11 is 1.54. The Morgan fingerprint density at radius 3 is 2.35 bits per heavy atom. The summed E-state index contributed by atoms with van der Waals surface area (Å²) in [6.07, 6.45) is -0.591. The molecule has 0 aliphatic carbocycles. The monoisotopic (exact) mass is 245 g/mol. The Morgan fingerprint density at radius 2 is 1.65 bits per heavy atom. The second-order valence-electron chi connectivity index (χ2n) is 3.66. The van der Waals surface area contributed by atoms with E-state index in [-0.39, 0.29) is 0 Å². The highest BCUT2D eigenvalue weighted by Gasteiger charge is 2.13. The number of thioether (sulfide) groups is 1. The van der Waals surface area contributed by atoms with Gasteiger partial charge in [-0.25, -0.2) is 0 Å². The number of benzene rings is 2. The molecule has 1 unspecified atom stereocenters. The summed E-state index contributed by atoms with van der Waals surface area (Å²) in [6.45, 7) is 0. The third-order valence-electron chi connectivity index (χ3n) is 2.57. The predicted octanol–water partition coefficient (Wildman–Crippen LogP) is 2.78. The topological polar surface area (TPSA) is 46.2 Å². The summed E-state index contributed by atoms with van der Waals surface area (Å²) in [6, 6.07) is 17.5. The van der Waals surface area contributed by atoms with Gasteiger partial charge in [0.15, 0.2) is 0 Å². The van der Waals surface area contributed by atoms with Crippen LogP contribution in [0.25, 0.3) is 0 Å². The van der Waals surface area contributed by atoms with E-state index in [1.807, 2.05) is 54.6 Å². The lowest BCUT2D eigenvalue weighted by Gasteiger charge is -2.15. The average Bonchev–Trinajstić information content (AvgIpc) is 2.40. The Kier molecular flexibility index (Phi) is 4.20. The molecule has 0 aromatic heterocycles. The van der Waals surface area contributed by atoms with Crippen molar-refractivity contribution < 1.29 is 5.11 Å². The fourth-order valence-electron chi connectivity index (χ4n) is 1.74. The Balaban J connectivity index is 2.33. The molecule has 0 aliphatic rings. The maximum absolute atomic E-state index is 10.3. The minimum Gasteiger partial charge on any atom is -0.384 e. The molecule has 88 valence electrons. The second-order valence-corrected chi connectivity index (χ2v) is 4.72. The van der Waals surface area contributed by atoms with Crippen LogP contribution in [0.2, 0.25) is 0 Å². The van der Waals surface area contributed by atoms with Gasteiger partial charge in [-0.1, -0.05) is 48.5 Å². The molecule has 0 radical (unpaired) electrons. The van der Waals surface area contributed by atoms with Crippen LogP contribution in [-0.2, 0) is 0 Å². The zero-order valence-electron chi connectivity index (χ0n) is 9.41. The van der Waals surface area contributed by atoms with Gasteiger partial charge in [0.1, 0.15) is 6.10 Å². The molecule has 0 aliphatic heterocycles. The molecule has 0 amide bonds. The van der Waals surface area contributed by atoms with Crippen LogP contribution in [0.4, 0.5) is 0 Å². The highest BCUT2D eigenvalue weighted by atomic mass is 32.2. The molecule has 17 heavy (non-hydrogen) atoms. The molecule has 2 rings (SSSR count). The largest absolute Gasteiger partial charge is 0.384 e. The van der Waals surface area contributed by atoms with Crippen LogP contribution in [0.5, 0.6) is 0 Å². The first-order valence-electron chi connectivity index (χ1n) is 5.47. The second kappa shape index (κ2) is 5.87. The van der Waals surface area contributed by atoms with Gasteiger partial charge in [-0.2, -0.15) is 0 Å². The first kappa shape index (κ1) is 12.2. The number of aliphatic hydroxyl groups is 1. The van der Waals surface area contributed by atoms with Crippen molar-refractivity contribution in [3.63, 3.8) is 0 Å². The molecule has 0 bridgehead atoms. The van der Waals surface area contributed by atoms with Crippen molar-refractivity contribution in [1.29, 1.82) is 0 Å². The van der Waals surface area contributed by atoms with E-state index < -0.39 is 6.10 Å². The lowest BCUT2D eigenvalue weighted by molar-refractivity contribution is 0.217. The van der Waals surface area contributed by atoms with Crippen molar-refractivity contribution >= 4 is 11.8 Å². The molecule has 3 heteroatoms. The smallest absolute Gasteiger partial charge is 0.105 e. The van der Waals surface area contributed by atoms with Gasteiger partial charge in [-0.15, -0.1) is 11.8 Å². The summed E-state index contributed by atoms with van der Waals surface area (Å²) in [4.78, 5) is 1.03. The summed E-state index contributed by atoms with van der Waals surface area (Å²) in [5.41, 5.74) is 7.36. The molecule has 0 saturated heterocycles. The van der Waals surface area contributed by atoms with Crippen molar-refractivity contribution in [3.05, 3.63) is 65.7 Å². The van der Waals surface area contributed by atoms with Crippen molar-refractivity contribution in [2.45, 2.75) is 11.0 Å². The highest BCUT2D eigenvalue weighted by molar-refractivity contribution is 7.99. The van der Waals surface area contributed by atoms with E-state index in [0.29, 0.717) is 5.88 Å². The van der Waals surface area contributed by atoms with Crippen molar-refractivity contribution in [2.24, 2.45) is 5.73 Å². The first-order valence-corrected chi connectivity index (χ1v) is 6.46. The fraction of sp³-hybridized carbons (Fsp3) is 0.143. The Hall–Kier alpha value is -1.29. The molecular formula is C14H15NOS. The Morgan fingerprint density at radius 1 is 1.00 bits per heavy atom. The van der Waals surface area contributed by atoms with E-state index in [0.717, 1.165) is 16.0 Å². The Labute approximate surface area is 105 Å². The van der Waals surface area contributed by atoms with Crippen LogP contribution in [-0.4, -0.2) is 11.0 Å². The van der Waals surface area contributed by atoms with E-state index in [9.17, 15) is 5.11 Å². The maximum Gasteiger partial charge on any atom is 0.105 e. The number of aliphatic hydroxyl groups excluding tert-OH is 1. The van der Waals surface area contributed by atoms with Crippen LogP contribution in [0, 0.1) is 0 Å². The standard InChI is InChI=1S/C14H15NOS/c15-10-17-13-9-5-4-8-12(13)14(16)11-6-2-1-3-7-11/h1-9,14,16H,10,15H2. The highest BCUT2D eigenvalue weighted by Crippen LogP contribution is 2.30. The van der Waals surface area contributed by atoms with E-state index in [1.54, 1.807) is 11.8 Å². The van der Waals surface area contributed by atoms with E-state index in [1.165, 1.54) is 0 Å². The van der Waals surface area contributed by atoms with Gasteiger partial charge in [0.2, 0.25) is 0 Å². The van der Waals surface area contributed by atoms with Crippen molar-refractivity contribution in [3.8, 4) is 0 Å². The summed E-state index contributed by atoms with van der Waals surface area (Å²) < 4.78 is 0. The molecule has 1 atom stereocenters. The van der Waals surface area contributed by atoms with Gasteiger partial charge in [0, 0.05) is 10.8 Å². The third kappa shape index (κ3) is 2.88. The molecule has 3 N–H and O–H groups in total. The van der Waals surface area contributed by atoms with Crippen molar-refractivity contribution in [2.75, 3.05) is 5.88 Å². The SMILES string of the molecule is NCSc1ccccc1C(O)c1ccccc1. The molecule has 2 nitrogen and oxygen atoms in total. The van der Waals surface area contributed by atoms with Gasteiger partial charge in [0.05, 0.1) is 0 Å². The van der Waals surface area contributed by atoms with Gasteiger partial charge in [-0.05, 0) is 17.2 Å². The zero-order valence-corrected chi connectivity index (χ0v) is 10.2. The minimum absolute atomic E-state index is 0.512. The molecule has 0 heterocycles.